The summed E-state index contributed by atoms with van der Waals surface area (Å²) < 4.78 is 4.75. The first-order valence-electron chi connectivity index (χ1n) is 4.10. The van der Waals surface area contributed by atoms with Crippen molar-refractivity contribution in [1.29, 1.82) is 0 Å². The fourth-order valence-electron chi connectivity index (χ4n) is 0.463. The fraction of sp³-hybridized carbons (Fsp3) is 0.400. The molecule has 2 nitrogen and oxygen atoms in total. The normalized spacial score (nSPS) is 9.31. The van der Waals surface area contributed by atoms with E-state index < -0.39 is 0 Å². The molecule has 13 heavy (non-hydrogen) atoms. The number of rotatable bonds is 1. The Morgan fingerprint density at radius 2 is 1.62 bits per heavy atom. The molecule has 0 aromatic heterocycles. The lowest BCUT2D eigenvalue weighted by molar-refractivity contribution is 0.134. The van der Waals surface area contributed by atoms with Crippen molar-refractivity contribution < 1.29 is 4.74 Å². The SMILES string of the molecule is COC(C)C.Nc1ccc(Cl)cc1. The summed E-state index contributed by atoms with van der Waals surface area (Å²) in [6.45, 7) is 4.00. The second-order valence-electron chi connectivity index (χ2n) is 2.84. The van der Waals surface area contributed by atoms with E-state index in [1.807, 2.05) is 13.8 Å². The molecule has 0 saturated carbocycles. The first-order chi connectivity index (χ1) is 6.06. The zero-order valence-electron chi connectivity index (χ0n) is 8.25. The quantitative estimate of drug-likeness (QED) is 0.710. The lowest BCUT2D eigenvalue weighted by Gasteiger charge is -1.94. The minimum atomic E-state index is 0.384. The van der Waals surface area contributed by atoms with Gasteiger partial charge >= 0.3 is 0 Å². The molecule has 0 spiro atoms. The first kappa shape index (κ1) is 12.3. The van der Waals surface area contributed by atoms with Gasteiger partial charge in [0.05, 0.1) is 6.10 Å². The molecule has 0 aliphatic carbocycles. The smallest absolute Gasteiger partial charge is 0.0515 e. The molecule has 2 N–H and O–H groups in total. The van der Waals surface area contributed by atoms with Gasteiger partial charge in [0, 0.05) is 17.8 Å². The van der Waals surface area contributed by atoms with Crippen LogP contribution < -0.4 is 5.73 Å². The molecule has 0 unspecified atom stereocenters. The van der Waals surface area contributed by atoms with Crippen molar-refractivity contribution in [3.63, 3.8) is 0 Å². The molecule has 0 aliphatic rings. The lowest BCUT2D eigenvalue weighted by Crippen LogP contribution is -1.94. The molecule has 3 heteroatoms. The topological polar surface area (TPSA) is 35.2 Å². The predicted octanol–water partition coefficient (Wildman–Crippen LogP) is 2.96. The van der Waals surface area contributed by atoms with Crippen LogP contribution in [0.3, 0.4) is 0 Å². The van der Waals surface area contributed by atoms with Crippen LogP contribution in [0.2, 0.25) is 5.02 Å². The number of benzene rings is 1. The molecule has 0 radical (unpaired) electrons. The third-order valence-corrected chi connectivity index (χ3v) is 1.59. The van der Waals surface area contributed by atoms with Crippen LogP contribution >= 0.6 is 11.6 Å². The third-order valence-electron chi connectivity index (χ3n) is 1.34. The monoisotopic (exact) mass is 201 g/mol. The van der Waals surface area contributed by atoms with Crippen LogP contribution in [0.15, 0.2) is 24.3 Å². The summed E-state index contributed by atoms with van der Waals surface area (Å²) in [7, 11) is 1.70. The molecule has 1 aromatic rings. The number of nitrogen functional groups attached to an aromatic ring is 1. The third kappa shape index (κ3) is 7.62. The van der Waals surface area contributed by atoms with Crippen LogP contribution in [0, 0.1) is 0 Å². The van der Waals surface area contributed by atoms with E-state index in [-0.39, 0.29) is 0 Å². The molecule has 1 rings (SSSR count). The molecule has 0 saturated heterocycles. The van der Waals surface area contributed by atoms with Gasteiger partial charge in [-0.25, -0.2) is 0 Å². The highest BCUT2D eigenvalue weighted by Gasteiger charge is 1.82. The van der Waals surface area contributed by atoms with Gasteiger partial charge in [-0.1, -0.05) is 11.6 Å². The number of halogens is 1. The molecule has 0 bridgehead atoms. The van der Waals surface area contributed by atoms with E-state index in [1.54, 1.807) is 31.4 Å². The molecular weight excluding hydrogens is 186 g/mol. The Balaban J connectivity index is 0.000000252. The Hall–Kier alpha value is -0.730. The van der Waals surface area contributed by atoms with E-state index in [1.165, 1.54) is 0 Å². The number of hydrogen-bond donors (Lipinski definition) is 1. The highest BCUT2D eigenvalue weighted by molar-refractivity contribution is 6.30. The standard InChI is InChI=1S/C6H6ClN.C4H10O/c7-5-1-3-6(8)4-2-5;1-4(2)5-3/h1-4H,8H2;4H,1-3H3. The highest BCUT2D eigenvalue weighted by atomic mass is 35.5. The Kier molecular flexibility index (Phi) is 6.37. The number of methoxy groups -OCH3 is 1. The summed E-state index contributed by atoms with van der Waals surface area (Å²) in [5.74, 6) is 0. The van der Waals surface area contributed by atoms with E-state index in [0.717, 1.165) is 10.7 Å². The van der Waals surface area contributed by atoms with Crippen molar-refractivity contribution in [3.8, 4) is 0 Å². The van der Waals surface area contributed by atoms with Crippen LogP contribution in [0.1, 0.15) is 13.8 Å². The molecule has 0 fully saturated rings. The Labute approximate surface area is 84.7 Å². The van der Waals surface area contributed by atoms with Crippen molar-refractivity contribution in [2.24, 2.45) is 0 Å². The average molecular weight is 202 g/mol. The number of ether oxygens (including phenoxy) is 1. The van der Waals surface area contributed by atoms with Gasteiger partial charge in [0.25, 0.3) is 0 Å². The summed E-state index contributed by atoms with van der Waals surface area (Å²) in [4.78, 5) is 0. The van der Waals surface area contributed by atoms with Gasteiger partial charge in [-0.3, -0.25) is 0 Å². The van der Waals surface area contributed by atoms with Crippen molar-refractivity contribution in [1.82, 2.24) is 0 Å². The van der Waals surface area contributed by atoms with Gasteiger partial charge < -0.3 is 10.5 Å². The van der Waals surface area contributed by atoms with Crippen molar-refractivity contribution >= 4 is 17.3 Å². The Morgan fingerprint density at radius 1 is 1.23 bits per heavy atom. The second-order valence-corrected chi connectivity index (χ2v) is 3.27. The summed E-state index contributed by atoms with van der Waals surface area (Å²) in [5, 5.41) is 0.721. The minimum Gasteiger partial charge on any atom is -0.399 e. The highest BCUT2D eigenvalue weighted by Crippen LogP contribution is 2.09. The average Bonchev–Trinajstić information content (AvgIpc) is 2.11. The largest absolute Gasteiger partial charge is 0.399 e. The molecule has 1 aromatic carbocycles. The number of anilines is 1. The van der Waals surface area contributed by atoms with E-state index in [0.29, 0.717) is 6.10 Å². The zero-order chi connectivity index (χ0) is 10.3. The number of nitrogens with two attached hydrogens (primary N) is 1. The minimum absolute atomic E-state index is 0.384. The van der Waals surface area contributed by atoms with E-state index in [9.17, 15) is 0 Å². The van der Waals surface area contributed by atoms with E-state index in [4.69, 9.17) is 22.1 Å². The second kappa shape index (κ2) is 6.75. The molecule has 0 amide bonds. The fourth-order valence-corrected chi connectivity index (χ4v) is 0.589. The lowest BCUT2D eigenvalue weighted by atomic mass is 10.3. The zero-order valence-corrected chi connectivity index (χ0v) is 9.01. The van der Waals surface area contributed by atoms with Crippen molar-refractivity contribution in [3.05, 3.63) is 29.3 Å². The predicted molar refractivity (Wildman–Crippen MR) is 58.0 cm³/mol. The maximum atomic E-state index is 5.56. The molecular formula is C10H16ClNO. The number of hydrogen-bond acceptors (Lipinski definition) is 2. The Bertz CT molecular complexity index is 200. The summed E-state index contributed by atoms with van der Waals surface area (Å²) >= 11 is 5.56. The van der Waals surface area contributed by atoms with Crippen LogP contribution in [-0.2, 0) is 4.74 Å². The van der Waals surface area contributed by atoms with E-state index in [2.05, 4.69) is 0 Å². The summed E-state index contributed by atoms with van der Waals surface area (Å²) in [6.07, 6.45) is 0.384. The molecule has 0 heterocycles. The van der Waals surface area contributed by atoms with Crippen LogP contribution in [-0.4, -0.2) is 13.2 Å². The van der Waals surface area contributed by atoms with Gasteiger partial charge in [0.2, 0.25) is 0 Å². The maximum absolute atomic E-state index is 5.56. The van der Waals surface area contributed by atoms with Crippen LogP contribution in [0.5, 0.6) is 0 Å². The molecule has 0 atom stereocenters. The van der Waals surface area contributed by atoms with Gasteiger partial charge in [-0.15, -0.1) is 0 Å². The Morgan fingerprint density at radius 3 is 1.85 bits per heavy atom. The van der Waals surface area contributed by atoms with Gasteiger partial charge in [0.1, 0.15) is 0 Å². The maximum Gasteiger partial charge on any atom is 0.0515 e. The summed E-state index contributed by atoms with van der Waals surface area (Å²) in [6, 6.07) is 7.05. The summed E-state index contributed by atoms with van der Waals surface area (Å²) in [5.41, 5.74) is 6.11. The van der Waals surface area contributed by atoms with Gasteiger partial charge in [-0.05, 0) is 38.1 Å². The van der Waals surface area contributed by atoms with Crippen LogP contribution in [0.25, 0.3) is 0 Å². The van der Waals surface area contributed by atoms with E-state index >= 15 is 0 Å². The molecule has 0 aliphatic heterocycles. The van der Waals surface area contributed by atoms with Gasteiger partial charge in [0.15, 0.2) is 0 Å². The molecule has 74 valence electrons. The van der Waals surface area contributed by atoms with Crippen molar-refractivity contribution in [2.75, 3.05) is 12.8 Å². The van der Waals surface area contributed by atoms with Crippen LogP contribution in [0.4, 0.5) is 5.69 Å². The van der Waals surface area contributed by atoms with Crippen molar-refractivity contribution in [2.45, 2.75) is 20.0 Å². The van der Waals surface area contributed by atoms with Gasteiger partial charge in [-0.2, -0.15) is 0 Å². The first-order valence-corrected chi connectivity index (χ1v) is 4.48.